The van der Waals surface area contributed by atoms with Crippen LogP contribution in [0.25, 0.3) is 0 Å². The topological polar surface area (TPSA) is 76.1 Å². The Bertz CT molecular complexity index is 551. The molecule has 120 valence electrons. The number of benzene rings is 1. The minimum absolute atomic E-state index is 0.0894. The number of carbonyl (C=O) groups is 1. The second-order valence-electron chi connectivity index (χ2n) is 5.25. The van der Waals surface area contributed by atoms with Gasteiger partial charge in [0.2, 0.25) is 12.7 Å². The first-order valence-electron chi connectivity index (χ1n) is 7.05. The largest absolute Gasteiger partial charge is 0.454 e. The monoisotopic (exact) mass is 325 g/mol. The van der Waals surface area contributed by atoms with Crippen molar-refractivity contribution in [3.05, 3.63) is 23.8 Å². The molecule has 0 unspecified atom stereocenters. The lowest BCUT2D eigenvalue weighted by atomic mass is 10.2. The molecule has 4 N–H and O–H groups in total. The molecule has 0 atom stereocenters. The summed E-state index contributed by atoms with van der Waals surface area (Å²) in [5.74, 6) is 1.39. The number of nitrogens with one attached hydrogen (secondary N) is 4. The lowest BCUT2D eigenvalue weighted by molar-refractivity contribution is -0.857. The van der Waals surface area contributed by atoms with Crippen molar-refractivity contribution in [1.29, 1.82) is 0 Å². The third-order valence-corrected chi connectivity index (χ3v) is 3.30. The van der Waals surface area contributed by atoms with Crippen LogP contribution in [-0.2, 0) is 11.3 Å². The van der Waals surface area contributed by atoms with Crippen molar-refractivity contribution in [2.75, 3.05) is 27.4 Å². The van der Waals surface area contributed by atoms with Gasteiger partial charge in [0.15, 0.2) is 16.6 Å². The highest BCUT2D eigenvalue weighted by atomic mass is 32.1. The average molecular weight is 325 g/mol. The van der Waals surface area contributed by atoms with Crippen LogP contribution in [0.2, 0.25) is 0 Å². The van der Waals surface area contributed by atoms with Crippen LogP contribution in [0.4, 0.5) is 0 Å². The zero-order valence-corrected chi connectivity index (χ0v) is 13.5. The predicted octanol–water partition coefficient (Wildman–Crippen LogP) is -1.05. The van der Waals surface area contributed by atoms with E-state index >= 15 is 0 Å². The van der Waals surface area contributed by atoms with Crippen molar-refractivity contribution in [2.45, 2.75) is 13.0 Å². The second kappa shape index (κ2) is 7.81. The number of amides is 1. The summed E-state index contributed by atoms with van der Waals surface area (Å²) in [6, 6.07) is 5.69. The number of hydrogen-bond acceptors (Lipinski definition) is 4. The van der Waals surface area contributed by atoms with E-state index < -0.39 is 0 Å². The number of hydrogen-bond donors (Lipinski definition) is 4. The van der Waals surface area contributed by atoms with E-state index in [4.69, 9.17) is 21.7 Å². The van der Waals surface area contributed by atoms with Crippen molar-refractivity contribution in [3.63, 3.8) is 0 Å². The molecule has 0 aromatic heterocycles. The van der Waals surface area contributed by atoms with Crippen LogP contribution in [-0.4, -0.2) is 38.5 Å². The van der Waals surface area contributed by atoms with Gasteiger partial charge in [0, 0.05) is 6.54 Å². The molecule has 1 heterocycles. The van der Waals surface area contributed by atoms with Crippen LogP contribution in [0.5, 0.6) is 11.5 Å². The van der Waals surface area contributed by atoms with Gasteiger partial charge in [-0.25, -0.2) is 0 Å². The Morgan fingerprint density at radius 2 is 2.05 bits per heavy atom. The maximum absolute atomic E-state index is 11.5. The Balaban J connectivity index is 1.68. The Morgan fingerprint density at radius 1 is 1.27 bits per heavy atom. The molecule has 1 aliphatic rings. The van der Waals surface area contributed by atoms with Crippen molar-refractivity contribution in [2.24, 2.45) is 0 Å². The van der Waals surface area contributed by atoms with Gasteiger partial charge in [-0.2, -0.15) is 0 Å². The summed E-state index contributed by atoms with van der Waals surface area (Å²) in [5.41, 5.74) is 6.26. The molecule has 0 bridgehead atoms. The Hall–Kier alpha value is -2.06. The Kier molecular flexibility index (Phi) is 5.79. The molecule has 0 fully saturated rings. The van der Waals surface area contributed by atoms with E-state index in [-0.39, 0.29) is 12.7 Å². The van der Waals surface area contributed by atoms with Gasteiger partial charge in [-0.05, 0) is 29.9 Å². The molecule has 0 spiro atoms. The van der Waals surface area contributed by atoms with Crippen molar-refractivity contribution >= 4 is 23.2 Å². The van der Waals surface area contributed by atoms with Gasteiger partial charge in [-0.1, -0.05) is 6.07 Å². The lowest BCUT2D eigenvalue weighted by Crippen LogP contribution is -3.05. The number of ether oxygens (including phenoxy) is 2. The van der Waals surface area contributed by atoms with Crippen LogP contribution in [0.15, 0.2) is 18.2 Å². The summed E-state index contributed by atoms with van der Waals surface area (Å²) >= 11 is 5.11. The van der Waals surface area contributed by atoms with E-state index in [9.17, 15) is 4.79 Å². The summed E-state index contributed by atoms with van der Waals surface area (Å²) in [5, 5.41) is 3.38. The van der Waals surface area contributed by atoms with Crippen LogP contribution in [0.1, 0.15) is 12.0 Å². The summed E-state index contributed by atoms with van der Waals surface area (Å²) in [6.45, 7) is 1.55. The number of thiocarbonyl (C=S) groups is 1. The molecule has 1 aromatic rings. The highest BCUT2D eigenvalue weighted by Crippen LogP contribution is 2.32. The van der Waals surface area contributed by atoms with Crippen LogP contribution in [0.3, 0.4) is 0 Å². The molecule has 1 aromatic carbocycles. The molecular formula is C14H21N4O3S+. The minimum Gasteiger partial charge on any atom is -0.454 e. The van der Waals surface area contributed by atoms with E-state index in [0.717, 1.165) is 23.6 Å². The normalized spacial score (nSPS) is 12.1. The van der Waals surface area contributed by atoms with E-state index in [0.29, 0.717) is 18.1 Å². The van der Waals surface area contributed by atoms with Gasteiger partial charge in [-0.15, -0.1) is 0 Å². The quantitative estimate of drug-likeness (QED) is 0.409. The zero-order chi connectivity index (χ0) is 15.9. The lowest BCUT2D eigenvalue weighted by Gasteiger charge is -2.12. The Morgan fingerprint density at radius 3 is 2.82 bits per heavy atom. The number of carbonyl (C=O) groups excluding carboxylic acids is 1. The van der Waals surface area contributed by atoms with Gasteiger partial charge in [0.1, 0.15) is 0 Å². The van der Waals surface area contributed by atoms with Crippen LogP contribution < -0.4 is 30.5 Å². The van der Waals surface area contributed by atoms with Gasteiger partial charge >= 0.3 is 0 Å². The predicted molar refractivity (Wildman–Crippen MR) is 85.6 cm³/mol. The van der Waals surface area contributed by atoms with E-state index in [2.05, 4.69) is 16.2 Å². The average Bonchev–Trinajstić information content (AvgIpc) is 2.96. The SMILES string of the molecule is C[NH+](C)CCC(=O)NNC(=S)NCc1ccc2c(c1)OCO2. The highest BCUT2D eigenvalue weighted by Gasteiger charge is 2.13. The zero-order valence-electron chi connectivity index (χ0n) is 12.7. The molecule has 1 aliphatic heterocycles. The van der Waals surface area contributed by atoms with E-state index in [1.54, 1.807) is 0 Å². The van der Waals surface area contributed by atoms with Crippen molar-refractivity contribution in [1.82, 2.24) is 16.2 Å². The van der Waals surface area contributed by atoms with Crippen LogP contribution >= 0.6 is 12.2 Å². The number of hydrazine groups is 1. The molecule has 2 rings (SSSR count). The summed E-state index contributed by atoms with van der Waals surface area (Å²) in [4.78, 5) is 12.8. The number of fused-ring (bicyclic) bond motifs is 1. The summed E-state index contributed by atoms with van der Waals surface area (Å²) < 4.78 is 10.6. The first kappa shape index (κ1) is 16.3. The standard InChI is InChI=1S/C14H20N4O3S/c1-18(2)6-5-13(19)16-17-14(22)15-8-10-3-4-11-12(7-10)21-9-20-11/h3-4,7H,5-6,8-9H2,1-2H3,(H,16,19)(H2,15,17,22)/p+1. The third-order valence-electron chi connectivity index (χ3n) is 3.06. The molecule has 0 saturated carbocycles. The molecule has 22 heavy (non-hydrogen) atoms. The van der Waals surface area contributed by atoms with Crippen LogP contribution in [0, 0.1) is 0 Å². The molecule has 8 heteroatoms. The molecule has 0 radical (unpaired) electrons. The van der Waals surface area contributed by atoms with Gasteiger partial charge < -0.3 is 19.7 Å². The highest BCUT2D eigenvalue weighted by molar-refractivity contribution is 7.80. The van der Waals surface area contributed by atoms with Crippen molar-refractivity contribution < 1.29 is 19.2 Å². The molecule has 0 saturated heterocycles. The minimum atomic E-state index is -0.0894. The van der Waals surface area contributed by atoms with E-state index in [1.807, 2.05) is 32.3 Å². The summed E-state index contributed by atoms with van der Waals surface area (Å²) in [6.07, 6.45) is 0.445. The van der Waals surface area contributed by atoms with Gasteiger partial charge in [-0.3, -0.25) is 15.6 Å². The second-order valence-corrected chi connectivity index (χ2v) is 5.66. The third kappa shape index (κ3) is 5.05. The summed E-state index contributed by atoms with van der Waals surface area (Å²) in [7, 11) is 4.00. The fourth-order valence-electron chi connectivity index (χ4n) is 1.83. The molecule has 7 nitrogen and oxygen atoms in total. The fourth-order valence-corrected chi connectivity index (χ4v) is 1.95. The molecule has 1 amide bonds. The van der Waals surface area contributed by atoms with Crippen molar-refractivity contribution in [3.8, 4) is 11.5 Å². The number of quaternary nitrogens is 1. The maximum Gasteiger partial charge on any atom is 0.244 e. The fraction of sp³-hybridized carbons (Fsp3) is 0.429. The number of rotatable bonds is 5. The van der Waals surface area contributed by atoms with Gasteiger partial charge in [0.05, 0.1) is 27.1 Å². The first-order valence-corrected chi connectivity index (χ1v) is 7.45. The molecule has 0 aliphatic carbocycles. The van der Waals surface area contributed by atoms with Gasteiger partial charge in [0.25, 0.3) is 0 Å². The maximum atomic E-state index is 11.5. The Labute approximate surface area is 134 Å². The molecular weight excluding hydrogens is 304 g/mol. The van der Waals surface area contributed by atoms with E-state index in [1.165, 1.54) is 4.90 Å². The smallest absolute Gasteiger partial charge is 0.244 e. The first-order chi connectivity index (χ1) is 10.5.